The van der Waals surface area contributed by atoms with Crippen molar-refractivity contribution in [2.24, 2.45) is 5.92 Å². The molecule has 0 amide bonds. The zero-order valence-corrected chi connectivity index (χ0v) is 6.97. The first-order chi connectivity index (χ1) is 4.93. The maximum absolute atomic E-state index is 2.40. The van der Waals surface area contributed by atoms with Gasteiger partial charge >= 0.3 is 0 Å². The molecule has 0 aromatic rings. The summed E-state index contributed by atoms with van der Waals surface area (Å²) in [5, 5.41) is 0. The molecule has 1 rings (SSSR count). The standard InChI is InChI=1S/C10H18/c1-2-3-4-7-10-8-5-6-9-10/h5,8,10H,2-4,6-7,9H2,1H3. The number of hydrogen-bond donors (Lipinski definition) is 0. The first-order valence-corrected chi connectivity index (χ1v) is 4.60. The van der Waals surface area contributed by atoms with Gasteiger partial charge in [-0.3, -0.25) is 0 Å². The van der Waals surface area contributed by atoms with Crippen LogP contribution in [0, 0.1) is 5.92 Å². The van der Waals surface area contributed by atoms with E-state index in [0.29, 0.717) is 0 Å². The normalized spacial score (nSPS) is 23.9. The van der Waals surface area contributed by atoms with E-state index in [1.54, 1.807) is 0 Å². The van der Waals surface area contributed by atoms with Crippen molar-refractivity contribution >= 4 is 0 Å². The molecule has 0 saturated carbocycles. The van der Waals surface area contributed by atoms with Crippen molar-refractivity contribution in [3.05, 3.63) is 12.2 Å². The van der Waals surface area contributed by atoms with E-state index in [1.165, 1.54) is 38.5 Å². The summed E-state index contributed by atoms with van der Waals surface area (Å²) >= 11 is 0. The molecule has 0 radical (unpaired) electrons. The van der Waals surface area contributed by atoms with Gasteiger partial charge in [0.1, 0.15) is 0 Å². The van der Waals surface area contributed by atoms with E-state index in [4.69, 9.17) is 0 Å². The highest BCUT2D eigenvalue weighted by molar-refractivity contribution is 4.95. The van der Waals surface area contributed by atoms with Crippen LogP contribution < -0.4 is 0 Å². The van der Waals surface area contributed by atoms with Crippen LogP contribution in [0.15, 0.2) is 12.2 Å². The molecule has 0 spiro atoms. The maximum Gasteiger partial charge on any atom is -0.0231 e. The van der Waals surface area contributed by atoms with Crippen molar-refractivity contribution in [2.45, 2.75) is 45.4 Å². The van der Waals surface area contributed by atoms with Gasteiger partial charge in [0.15, 0.2) is 0 Å². The van der Waals surface area contributed by atoms with Gasteiger partial charge in [0.25, 0.3) is 0 Å². The van der Waals surface area contributed by atoms with Crippen LogP contribution in [0.1, 0.15) is 45.4 Å². The van der Waals surface area contributed by atoms with Gasteiger partial charge in [-0.05, 0) is 25.2 Å². The molecule has 1 aliphatic rings. The fourth-order valence-corrected chi connectivity index (χ4v) is 1.59. The summed E-state index contributed by atoms with van der Waals surface area (Å²) in [6, 6.07) is 0. The molecule has 0 N–H and O–H groups in total. The summed E-state index contributed by atoms with van der Waals surface area (Å²) in [5.74, 6) is 0.937. The Balaban J connectivity index is 1.97. The summed E-state index contributed by atoms with van der Waals surface area (Å²) in [6.45, 7) is 2.27. The fraction of sp³-hybridized carbons (Fsp3) is 0.800. The summed E-state index contributed by atoms with van der Waals surface area (Å²) in [4.78, 5) is 0. The van der Waals surface area contributed by atoms with Crippen LogP contribution in [-0.2, 0) is 0 Å². The zero-order chi connectivity index (χ0) is 7.23. The SMILES string of the molecule is CCCCCC1C=CCC1. The third-order valence-corrected chi connectivity index (χ3v) is 2.29. The van der Waals surface area contributed by atoms with Crippen LogP contribution in [0.5, 0.6) is 0 Å². The molecule has 1 atom stereocenters. The molecule has 0 aromatic heterocycles. The summed E-state index contributed by atoms with van der Waals surface area (Å²) in [5.41, 5.74) is 0. The second kappa shape index (κ2) is 4.54. The highest BCUT2D eigenvalue weighted by Crippen LogP contribution is 2.22. The topological polar surface area (TPSA) is 0 Å². The second-order valence-corrected chi connectivity index (χ2v) is 3.26. The average Bonchev–Trinajstić information content (AvgIpc) is 2.41. The van der Waals surface area contributed by atoms with Crippen LogP contribution in [0.25, 0.3) is 0 Å². The molecule has 0 bridgehead atoms. The number of unbranched alkanes of at least 4 members (excludes halogenated alkanes) is 2. The lowest BCUT2D eigenvalue weighted by molar-refractivity contribution is 0.532. The fourth-order valence-electron chi connectivity index (χ4n) is 1.59. The quantitative estimate of drug-likeness (QED) is 0.412. The largest absolute Gasteiger partial charge is 0.0882 e. The number of hydrogen-bond acceptors (Lipinski definition) is 0. The molecule has 0 heteroatoms. The highest BCUT2D eigenvalue weighted by Gasteiger charge is 2.07. The molecular weight excluding hydrogens is 120 g/mol. The van der Waals surface area contributed by atoms with Gasteiger partial charge in [0, 0.05) is 0 Å². The molecule has 0 nitrogen and oxygen atoms in total. The molecule has 1 unspecified atom stereocenters. The van der Waals surface area contributed by atoms with E-state index in [1.807, 2.05) is 0 Å². The van der Waals surface area contributed by atoms with E-state index >= 15 is 0 Å². The van der Waals surface area contributed by atoms with Gasteiger partial charge in [-0.15, -0.1) is 0 Å². The van der Waals surface area contributed by atoms with E-state index in [-0.39, 0.29) is 0 Å². The van der Waals surface area contributed by atoms with Crippen molar-refractivity contribution in [3.8, 4) is 0 Å². The summed E-state index contributed by atoms with van der Waals surface area (Å²) < 4.78 is 0. The summed E-state index contributed by atoms with van der Waals surface area (Å²) in [7, 11) is 0. The van der Waals surface area contributed by atoms with Crippen LogP contribution in [-0.4, -0.2) is 0 Å². The van der Waals surface area contributed by atoms with Crippen molar-refractivity contribution < 1.29 is 0 Å². The lowest BCUT2D eigenvalue weighted by Crippen LogP contribution is -1.90. The van der Waals surface area contributed by atoms with Gasteiger partial charge in [-0.1, -0.05) is 38.3 Å². The van der Waals surface area contributed by atoms with Crippen molar-refractivity contribution in [1.82, 2.24) is 0 Å². The first kappa shape index (κ1) is 7.84. The third-order valence-electron chi connectivity index (χ3n) is 2.29. The average molecular weight is 138 g/mol. The molecule has 0 heterocycles. The van der Waals surface area contributed by atoms with E-state index in [0.717, 1.165) is 5.92 Å². The Labute approximate surface area is 64.3 Å². The molecule has 0 aliphatic heterocycles. The smallest absolute Gasteiger partial charge is 0.0231 e. The highest BCUT2D eigenvalue weighted by atomic mass is 14.1. The van der Waals surface area contributed by atoms with Crippen LogP contribution in [0.2, 0.25) is 0 Å². The molecule has 1 aliphatic carbocycles. The Kier molecular flexibility index (Phi) is 3.56. The zero-order valence-electron chi connectivity index (χ0n) is 6.97. The minimum Gasteiger partial charge on any atom is -0.0882 e. The predicted molar refractivity (Wildman–Crippen MR) is 46.0 cm³/mol. The molecule has 0 aromatic carbocycles. The van der Waals surface area contributed by atoms with Crippen LogP contribution in [0.4, 0.5) is 0 Å². The second-order valence-electron chi connectivity index (χ2n) is 3.26. The Hall–Kier alpha value is -0.260. The van der Waals surface area contributed by atoms with Crippen molar-refractivity contribution in [3.63, 3.8) is 0 Å². The Morgan fingerprint density at radius 2 is 2.30 bits per heavy atom. The number of allylic oxidation sites excluding steroid dienone is 2. The third kappa shape index (κ3) is 2.55. The maximum atomic E-state index is 2.40. The molecule has 0 fully saturated rings. The molecule has 10 heavy (non-hydrogen) atoms. The van der Waals surface area contributed by atoms with Gasteiger partial charge in [0.05, 0.1) is 0 Å². The first-order valence-electron chi connectivity index (χ1n) is 4.60. The van der Waals surface area contributed by atoms with Crippen molar-refractivity contribution in [2.75, 3.05) is 0 Å². The number of rotatable bonds is 4. The Morgan fingerprint density at radius 1 is 1.40 bits per heavy atom. The van der Waals surface area contributed by atoms with E-state index in [2.05, 4.69) is 19.1 Å². The van der Waals surface area contributed by atoms with Gasteiger partial charge in [-0.25, -0.2) is 0 Å². The van der Waals surface area contributed by atoms with Crippen LogP contribution >= 0.6 is 0 Å². The van der Waals surface area contributed by atoms with E-state index < -0.39 is 0 Å². The van der Waals surface area contributed by atoms with Gasteiger partial charge < -0.3 is 0 Å². The lowest BCUT2D eigenvalue weighted by Gasteiger charge is -2.04. The van der Waals surface area contributed by atoms with E-state index in [9.17, 15) is 0 Å². The van der Waals surface area contributed by atoms with Crippen molar-refractivity contribution in [1.29, 1.82) is 0 Å². The Morgan fingerprint density at radius 3 is 2.90 bits per heavy atom. The van der Waals surface area contributed by atoms with Gasteiger partial charge in [-0.2, -0.15) is 0 Å². The molecule has 0 saturated heterocycles. The van der Waals surface area contributed by atoms with Crippen LogP contribution in [0.3, 0.4) is 0 Å². The monoisotopic (exact) mass is 138 g/mol. The molecule has 58 valence electrons. The molecular formula is C10H18. The summed E-state index contributed by atoms with van der Waals surface area (Å²) in [6.07, 6.45) is 13.1. The predicted octanol–water partition coefficient (Wildman–Crippen LogP) is 3.53. The van der Waals surface area contributed by atoms with Gasteiger partial charge in [0.2, 0.25) is 0 Å². The minimum absolute atomic E-state index is 0.937. The lowest BCUT2D eigenvalue weighted by atomic mass is 10.0. The minimum atomic E-state index is 0.937. The Bertz CT molecular complexity index is 103.